The molecule has 1 atom stereocenters. The Morgan fingerprint density at radius 1 is 1.24 bits per heavy atom. The van der Waals surface area contributed by atoms with Gasteiger partial charge in [-0.05, 0) is 37.2 Å². The van der Waals surface area contributed by atoms with E-state index in [9.17, 15) is 4.39 Å². The van der Waals surface area contributed by atoms with Gasteiger partial charge in [-0.15, -0.1) is 0 Å². The second-order valence-electron chi connectivity index (χ2n) is 4.91. The summed E-state index contributed by atoms with van der Waals surface area (Å²) < 4.78 is 19.3. The van der Waals surface area contributed by atoms with Crippen LogP contribution in [-0.4, -0.2) is 13.7 Å². The summed E-state index contributed by atoms with van der Waals surface area (Å²) in [5.41, 5.74) is 2.55. The van der Waals surface area contributed by atoms with E-state index in [0.717, 1.165) is 17.7 Å². The van der Waals surface area contributed by atoms with Gasteiger partial charge in [-0.25, -0.2) is 4.39 Å². The molecule has 0 heterocycles. The van der Waals surface area contributed by atoms with E-state index in [-0.39, 0.29) is 11.9 Å². The summed E-state index contributed by atoms with van der Waals surface area (Å²) in [6.45, 7) is 4.67. The zero-order valence-corrected chi connectivity index (χ0v) is 13.2. The molecule has 0 radical (unpaired) electrons. The zero-order valence-electron chi connectivity index (χ0n) is 12.4. The smallest absolute Gasteiger partial charge is 0.137 e. The third-order valence-corrected chi connectivity index (χ3v) is 3.68. The van der Waals surface area contributed by atoms with Crippen molar-refractivity contribution in [3.63, 3.8) is 0 Å². The van der Waals surface area contributed by atoms with E-state index < -0.39 is 0 Å². The molecule has 2 aromatic carbocycles. The highest BCUT2D eigenvalue weighted by molar-refractivity contribution is 6.32. The molecule has 0 amide bonds. The lowest BCUT2D eigenvalue weighted by molar-refractivity contribution is 0.414. The lowest BCUT2D eigenvalue weighted by Gasteiger charge is -2.21. The first-order valence-corrected chi connectivity index (χ1v) is 7.27. The van der Waals surface area contributed by atoms with Crippen molar-refractivity contribution in [3.05, 3.63) is 63.9 Å². The van der Waals surface area contributed by atoms with Gasteiger partial charge in [-0.3, -0.25) is 0 Å². The van der Waals surface area contributed by atoms with Crippen LogP contribution in [0.25, 0.3) is 0 Å². The molecule has 1 N–H and O–H groups in total. The first kappa shape index (κ1) is 15.8. The van der Waals surface area contributed by atoms with Gasteiger partial charge in [0.05, 0.1) is 18.2 Å². The zero-order chi connectivity index (χ0) is 15.4. The molecule has 0 fully saturated rings. The molecule has 4 heteroatoms. The minimum Gasteiger partial charge on any atom is -0.495 e. The SMILES string of the molecule is CCNC(c1ccc(OC)c(Cl)c1)c1cc(C)ccc1F. The van der Waals surface area contributed by atoms with E-state index in [1.54, 1.807) is 19.2 Å². The van der Waals surface area contributed by atoms with Gasteiger partial charge in [-0.2, -0.15) is 0 Å². The topological polar surface area (TPSA) is 21.3 Å². The normalized spacial score (nSPS) is 12.2. The lowest BCUT2D eigenvalue weighted by Crippen LogP contribution is -2.23. The van der Waals surface area contributed by atoms with Crippen molar-refractivity contribution in [1.82, 2.24) is 5.32 Å². The van der Waals surface area contributed by atoms with Crippen molar-refractivity contribution in [2.45, 2.75) is 19.9 Å². The number of benzene rings is 2. The van der Waals surface area contributed by atoms with Crippen LogP contribution in [0.3, 0.4) is 0 Å². The molecule has 112 valence electrons. The standard InChI is InChI=1S/C17H19ClFNO/c1-4-20-17(13-9-11(2)5-7-15(13)19)12-6-8-16(21-3)14(18)10-12/h5-10,17,20H,4H2,1-3H3. The van der Waals surface area contributed by atoms with E-state index in [0.29, 0.717) is 16.3 Å². The minimum atomic E-state index is -0.238. The quantitative estimate of drug-likeness (QED) is 0.878. The maximum atomic E-state index is 14.2. The minimum absolute atomic E-state index is 0.224. The average molecular weight is 308 g/mol. The summed E-state index contributed by atoms with van der Waals surface area (Å²) in [4.78, 5) is 0. The molecule has 2 rings (SSSR count). The number of methoxy groups -OCH3 is 1. The second kappa shape index (κ2) is 6.92. The Balaban J connectivity index is 2.48. The monoisotopic (exact) mass is 307 g/mol. The third-order valence-electron chi connectivity index (χ3n) is 3.38. The predicted octanol–water partition coefficient (Wildman–Crippen LogP) is 4.50. The first-order valence-electron chi connectivity index (χ1n) is 6.89. The van der Waals surface area contributed by atoms with E-state index in [1.165, 1.54) is 6.07 Å². The van der Waals surface area contributed by atoms with Crippen LogP contribution in [0.1, 0.15) is 29.7 Å². The van der Waals surface area contributed by atoms with E-state index >= 15 is 0 Å². The van der Waals surface area contributed by atoms with Gasteiger partial charge in [-0.1, -0.05) is 42.3 Å². The highest BCUT2D eigenvalue weighted by atomic mass is 35.5. The number of hydrogen-bond acceptors (Lipinski definition) is 2. The summed E-state index contributed by atoms with van der Waals surface area (Å²) in [7, 11) is 1.57. The molecule has 0 aliphatic rings. The Hall–Kier alpha value is -1.58. The van der Waals surface area contributed by atoms with Crippen LogP contribution in [0.5, 0.6) is 5.75 Å². The van der Waals surface area contributed by atoms with Gasteiger partial charge < -0.3 is 10.1 Å². The fourth-order valence-electron chi connectivity index (χ4n) is 2.36. The molecular formula is C17H19ClFNO. The molecule has 1 unspecified atom stereocenters. The largest absolute Gasteiger partial charge is 0.495 e. The number of nitrogens with one attached hydrogen (secondary N) is 1. The Bertz CT molecular complexity index is 630. The number of hydrogen-bond donors (Lipinski definition) is 1. The van der Waals surface area contributed by atoms with E-state index in [4.69, 9.17) is 16.3 Å². The fourth-order valence-corrected chi connectivity index (χ4v) is 2.62. The van der Waals surface area contributed by atoms with Gasteiger partial charge in [0.25, 0.3) is 0 Å². The Morgan fingerprint density at radius 3 is 2.62 bits per heavy atom. The molecule has 2 nitrogen and oxygen atoms in total. The van der Waals surface area contributed by atoms with Crippen molar-refractivity contribution < 1.29 is 9.13 Å². The van der Waals surface area contributed by atoms with Crippen molar-refractivity contribution in [2.75, 3.05) is 13.7 Å². The number of aryl methyl sites for hydroxylation is 1. The van der Waals surface area contributed by atoms with Crippen LogP contribution in [0.4, 0.5) is 4.39 Å². The van der Waals surface area contributed by atoms with Crippen molar-refractivity contribution in [1.29, 1.82) is 0 Å². The van der Waals surface area contributed by atoms with Crippen LogP contribution in [0, 0.1) is 12.7 Å². The molecule has 0 bridgehead atoms. The molecule has 0 aliphatic heterocycles. The molecule has 0 aliphatic carbocycles. The summed E-state index contributed by atoms with van der Waals surface area (Å²) in [5.74, 6) is 0.388. The summed E-state index contributed by atoms with van der Waals surface area (Å²) in [6.07, 6.45) is 0. The van der Waals surface area contributed by atoms with Gasteiger partial charge in [0.1, 0.15) is 11.6 Å². The lowest BCUT2D eigenvalue weighted by atomic mass is 9.96. The maximum absolute atomic E-state index is 14.2. The molecule has 0 aromatic heterocycles. The molecule has 2 aromatic rings. The van der Waals surface area contributed by atoms with Gasteiger partial charge in [0, 0.05) is 5.56 Å². The van der Waals surface area contributed by atoms with Crippen molar-refractivity contribution in [2.24, 2.45) is 0 Å². The van der Waals surface area contributed by atoms with Crippen LogP contribution in [-0.2, 0) is 0 Å². The van der Waals surface area contributed by atoms with Gasteiger partial charge in [0.2, 0.25) is 0 Å². The van der Waals surface area contributed by atoms with Crippen LogP contribution in [0.2, 0.25) is 5.02 Å². The maximum Gasteiger partial charge on any atom is 0.137 e. The number of rotatable bonds is 5. The van der Waals surface area contributed by atoms with Gasteiger partial charge >= 0.3 is 0 Å². The number of halogens is 2. The fraction of sp³-hybridized carbons (Fsp3) is 0.294. The molecule has 0 saturated heterocycles. The third kappa shape index (κ3) is 3.55. The highest BCUT2D eigenvalue weighted by Crippen LogP contribution is 2.31. The Kier molecular flexibility index (Phi) is 5.21. The Labute approximate surface area is 129 Å². The van der Waals surface area contributed by atoms with Crippen LogP contribution >= 0.6 is 11.6 Å². The number of ether oxygens (including phenoxy) is 1. The summed E-state index contributed by atoms with van der Waals surface area (Å²) in [6, 6.07) is 10.4. The average Bonchev–Trinajstić information content (AvgIpc) is 2.47. The van der Waals surface area contributed by atoms with Crippen molar-refractivity contribution in [3.8, 4) is 5.75 Å². The van der Waals surface area contributed by atoms with E-state index in [2.05, 4.69) is 5.32 Å². The summed E-state index contributed by atoms with van der Waals surface area (Å²) >= 11 is 6.19. The molecular weight excluding hydrogens is 289 g/mol. The van der Waals surface area contributed by atoms with Crippen LogP contribution in [0.15, 0.2) is 36.4 Å². The second-order valence-corrected chi connectivity index (χ2v) is 5.32. The van der Waals surface area contributed by atoms with Crippen molar-refractivity contribution >= 4 is 11.6 Å². The van der Waals surface area contributed by atoms with E-state index in [1.807, 2.05) is 32.0 Å². The highest BCUT2D eigenvalue weighted by Gasteiger charge is 2.18. The van der Waals surface area contributed by atoms with Gasteiger partial charge in [0.15, 0.2) is 0 Å². The molecule has 21 heavy (non-hydrogen) atoms. The first-order chi connectivity index (χ1) is 10.1. The van der Waals surface area contributed by atoms with Crippen LogP contribution < -0.4 is 10.1 Å². The Morgan fingerprint density at radius 2 is 2.00 bits per heavy atom. The summed E-state index contributed by atoms with van der Waals surface area (Å²) in [5, 5.41) is 3.83. The molecule has 0 spiro atoms. The molecule has 0 saturated carbocycles. The predicted molar refractivity (Wildman–Crippen MR) is 84.7 cm³/mol.